The number of fused-ring (bicyclic) bond motifs is 1. The Bertz CT molecular complexity index is 553. The summed E-state index contributed by atoms with van der Waals surface area (Å²) in [6, 6.07) is 2.07. The number of nitrogens with one attached hydrogen (secondary N) is 1. The third kappa shape index (κ3) is 4.03. The Morgan fingerprint density at radius 1 is 1.19 bits per heavy atom. The number of nitrogens with zero attached hydrogens (tertiary/aromatic N) is 3. The van der Waals surface area contributed by atoms with Crippen LogP contribution in [-0.2, 0) is 9.47 Å². The second-order valence-electron chi connectivity index (χ2n) is 4.51. The zero-order chi connectivity index (χ0) is 15.1. The van der Waals surface area contributed by atoms with Gasteiger partial charge in [-0.15, -0.1) is 11.3 Å². The molecule has 0 atom stereocenters. The van der Waals surface area contributed by atoms with Gasteiger partial charge in [-0.25, -0.2) is 4.98 Å². The van der Waals surface area contributed by atoms with Crippen LogP contribution in [-0.4, -0.2) is 57.0 Å². The number of aromatic nitrogens is 2. The Morgan fingerprint density at radius 2 is 1.90 bits per heavy atom. The molecule has 6 nitrogen and oxygen atoms in total. The predicted molar refractivity (Wildman–Crippen MR) is 87.5 cm³/mol. The van der Waals surface area contributed by atoms with Crippen LogP contribution >= 0.6 is 11.3 Å². The van der Waals surface area contributed by atoms with E-state index >= 15 is 0 Å². The van der Waals surface area contributed by atoms with Gasteiger partial charge < -0.3 is 19.7 Å². The third-order valence-corrected chi connectivity index (χ3v) is 3.88. The predicted octanol–water partition coefficient (Wildman–Crippen LogP) is 2.22. The molecular formula is C14H22N4O2S. The van der Waals surface area contributed by atoms with Crippen LogP contribution in [0, 0.1) is 0 Å². The van der Waals surface area contributed by atoms with Crippen LogP contribution in [0.25, 0.3) is 10.2 Å². The molecule has 0 aliphatic carbocycles. The molecule has 0 aliphatic rings. The van der Waals surface area contributed by atoms with E-state index in [-0.39, 0.29) is 0 Å². The van der Waals surface area contributed by atoms with Crippen molar-refractivity contribution in [1.29, 1.82) is 0 Å². The van der Waals surface area contributed by atoms with E-state index < -0.39 is 0 Å². The Balaban J connectivity index is 2.35. The van der Waals surface area contributed by atoms with Crippen LogP contribution in [0.4, 0.5) is 11.8 Å². The molecule has 2 rings (SSSR count). The van der Waals surface area contributed by atoms with Crippen molar-refractivity contribution >= 4 is 33.3 Å². The normalized spacial score (nSPS) is 11.0. The van der Waals surface area contributed by atoms with Crippen LogP contribution in [0.5, 0.6) is 0 Å². The molecule has 21 heavy (non-hydrogen) atoms. The molecule has 0 radical (unpaired) electrons. The van der Waals surface area contributed by atoms with Gasteiger partial charge in [-0.2, -0.15) is 4.98 Å². The second-order valence-corrected chi connectivity index (χ2v) is 5.41. The van der Waals surface area contributed by atoms with Crippen LogP contribution in [0.15, 0.2) is 11.4 Å². The Labute approximate surface area is 129 Å². The summed E-state index contributed by atoms with van der Waals surface area (Å²) < 4.78 is 10.4. The van der Waals surface area contributed by atoms with Gasteiger partial charge in [0.1, 0.15) is 10.6 Å². The highest BCUT2D eigenvalue weighted by atomic mass is 32.1. The number of hydrogen-bond donors (Lipinski definition) is 1. The second kappa shape index (κ2) is 8.11. The molecule has 2 aromatic rings. The highest BCUT2D eigenvalue weighted by Gasteiger charge is 2.15. The number of rotatable bonds is 9. The van der Waals surface area contributed by atoms with Gasteiger partial charge in [0.05, 0.1) is 18.6 Å². The van der Waals surface area contributed by atoms with E-state index in [1.54, 1.807) is 25.6 Å². The summed E-state index contributed by atoms with van der Waals surface area (Å²) in [4.78, 5) is 12.4. The van der Waals surface area contributed by atoms with E-state index in [0.29, 0.717) is 19.2 Å². The van der Waals surface area contributed by atoms with E-state index in [1.165, 1.54) is 0 Å². The summed E-state index contributed by atoms with van der Waals surface area (Å²) in [5.74, 6) is 1.61. The van der Waals surface area contributed by atoms with Crippen molar-refractivity contribution in [3.05, 3.63) is 11.4 Å². The van der Waals surface area contributed by atoms with Crippen molar-refractivity contribution in [3.8, 4) is 0 Å². The maximum absolute atomic E-state index is 5.21. The Kier molecular flexibility index (Phi) is 6.16. The van der Waals surface area contributed by atoms with Crippen LogP contribution < -0.4 is 10.2 Å². The molecule has 0 fully saturated rings. The van der Waals surface area contributed by atoms with Gasteiger partial charge >= 0.3 is 0 Å². The highest BCUT2D eigenvalue weighted by molar-refractivity contribution is 7.16. The summed E-state index contributed by atoms with van der Waals surface area (Å²) in [6.45, 7) is 5.67. The standard InChI is InChI=1S/C14H22N4O2S/c1-4-15-14-16-12(11-5-10-21-13(11)17-14)18(6-8-19-2)7-9-20-3/h5,10H,4,6-9H2,1-3H3,(H,15,16,17). The Hall–Kier alpha value is -1.44. The number of ether oxygens (including phenoxy) is 2. The molecule has 116 valence electrons. The van der Waals surface area contributed by atoms with Crippen LogP contribution in [0.1, 0.15) is 6.92 Å². The molecule has 0 aliphatic heterocycles. The number of hydrogen-bond acceptors (Lipinski definition) is 7. The maximum Gasteiger partial charge on any atom is 0.226 e. The van der Waals surface area contributed by atoms with Gasteiger partial charge in [0, 0.05) is 33.9 Å². The van der Waals surface area contributed by atoms with Crippen molar-refractivity contribution in [1.82, 2.24) is 9.97 Å². The molecule has 2 heterocycles. The van der Waals surface area contributed by atoms with Gasteiger partial charge in [0.25, 0.3) is 0 Å². The maximum atomic E-state index is 5.21. The molecule has 0 saturated carbocycles. The molecule has 0 amide bonds. The zero-order valence-corrected chi connectivity index (χ0v) is 13.6. The van der Waals surface area contributed by atoms with E-state index in [9.17, 15) is 0 Å². The zero-order valence-electron chi connectivity index (χ0n) is 12.8. The first-order chi connectivity index (χ1) is 10.3. The fraction of sp³-hybridized carbons (Fsp3) is 0.571. The fourth-order valence-electron chi connectivity index (χ4n) is 2.04. The van der Waals surface area contributed by atoms with Crippen molar-refractivity contribution < 1.29 is 9.47 Å². The quantitative estimate of drug-likeness (QED) is 0.766. The van der Waals surface area contributed by atoms with Crippen LogP contribution in [0.2, 0.25) is 0 Å². The van der Waals surface area contributed by atoms with E-state index in [2.05, 4.69) is 26.3 Å². The average Bonchev–Trinajstić information content (AvgIpc) is 2.95. The van der Waals surface area contributed by atoms with Gasteiger partial charge in [0.15, 0.2) is 0 Å². The topological polar surface area (TPSA) is 59.5 Å². The first kappa shape index (κ1) is 15.9. The van der Waals surface area contributed by atoms with Crippen molar-refractivity contribution in [2.45, 2.75) is 6.92 Å². The molecule has 0 saturated heterocycles. The summed E-state index contributed by atoms with van der Waals surface area (Å²) >= 11 is 1.63. The largest absolute Gasteiger partial charge is 0.383 e. The molecule has 7 heteroatoms. The summed E-state index contributed by atoms with van der Waals surface area (Å²) in [6.07, 6.45) is 0. The average molecular weight is 310 g/mol. The molecule has 0 bridgehead atoms. The lowest BCUT2D eigenvalue weighted by Crippen LogP contribution is -2.31. The minimum Gasteiger partial charge on any atom is -0.383 e. The lowest BCUT2D eigenvalue weighted by atomic mass is 10.3. The molecule has 1 N–H and O–H groups in total. The van der Waals surface area contributed by atoms with Gasteiger partial charge in [0.2, 0.25) is 5.95 Å². The summed E-state index contributed by atoms with van der Waals surface area (Å²) in [5, 5.41) is 6.31. The monoisotopic (exact) mass is 310 g/mol. The van der Waals surface area contributed by atoms with Gasteiger partial charge in [-0.3, -0.25) is 0 Å². The minimum absolute atomic E-state index is 0.649. The highest BCUT2D eigenvalue weighted by Crippen LogP contribution is 2.29. The smallest absolute Gasteiger partial charge is 0.226 e. The van der Waals surface area contributed by atoms with E-state index in [0.717, 1.165) is 35.7 Å². The van der Waals surface area contributed by atoms with E-state index in [1.807, 2.05) is 12.3 Å². The summed E-state index contributed by atoms with van der Waals surface area (Å²) in [7, 11) is 3.41. The van der Waals surface area contributed by atoms with Gasteiger partial charge in [-0.1, -0.05) is 0 Å². The van der Waals surface area contributed by atoms with Crippen LogP contribution in [0.3, 0.4) is 0 Å². The van der Waals surface area contributed by atoms with Gasteiger partial charge in [-0.05, 0) is 18.4 Å². The lowest BCUT2D eigenvalue weighted by molar-refractivity contribution is 0.190. The lowest BCUT2D eigenvalue weighted by Gasteiger charge is -2.24. The molecule has 0 aromatic carbocycles. The minimum atomic E-state index is 0.649. The molecule has 2 aromatic heterocycles. The molecule has 0 spiro atoms. The molecule has 0 unspecified atom stereocenters. The number of thiophene rings is 1. The first-order valence-corrected chi connectivity index (χ1v) is 7.90. The number of anilines is 2. The van der Waals surface area contributed by atoms with Crippen molar-refractivity contribution in [2.24, 2.45) is 0 Å². The fourth-order valence-corrected chi connectivity index (χ4v) is 2.80. The number of methoxy groups -OCH3 is 2. The van der Waals surface area contributed by atoms with Crippen molar-refractivity contribution in [3.63, 3.8) is 0 Å². The first-order valence-electron chi connectivity index (χ1n) is 7.02. The summed E-state index contributed by atoms with van der Waals surface area (Å²) in [5.41, 5.74) is 0. The van der Waals surface area contributed by atoms with Crippen molar-refractivity contribution in [2.75, 3.05) is 57.3 Å². The Morgan fingerprint density at radius 3 is 2.52 bits per heavy atom. The van der Waals surface area contributed by atoms with E-state index in [4.69, 9.17) is 9.47 Å². The third-order valence-electron chi connectivity index (χ3n) is 3.07. The molecular weight excluding hydrogens is 288 g/mol. The SMILES string of the molecule is CCNc1nc(N(CCOC)CCOC)c2ccsc2n1.